The summed E-state index contributed by atoms with van der Waals surface area (Å²) in [5.41, 5.74) is 4.88. The minimum Gasteiger partial charge on any atom is -0.494 e. The predicted octanol–water partition coefficient (Wildman–Crippen LogP) is 5.79. The summed E-state index contributed by atoms with van der Waals surface area (Å²) in [6.07, 6.45) is 1.67. The molecule has 0 bridgehead atoms. The standard InChI is InChI=1S/C29H33NO4/c1-5-18(3)34-29(32)26-19(4)30-24-16-22(20-10-8-7-9-11-20)17-25(31)28(24)27(26)21-12-14-23(15-13-21)33-6-2/h7-15,18,22,27,30H,5-6,16-17H2,1-4H3/t18-,22-,27-/m1/s1. The van der Waals surface area contributed by atoms with Crippen LogP contribution < -0.4 is 10.1 Å². The summed E-state index contributed by atoms with van der Waals surface area (Å²) in [6, 6.07) is 17.9. The third-order valence-corrected chi connectivity index (χ3v) is 6.73. The molecule has 0 unspecified atom stereocenters. The van der Waals surface area contributed by atoms with Gasteiger partial charge in [0.2, 0.25) is 0 Å². The van der Waals surface area contributed by atoms with Crippen molar-refractivity contribution < 1.29 is 19.1 Å². The van der Waals surface area contributed by atoms with Gasteiger partial charge in [0.15, 0.2) is 5.78 Å². The maximum absolute atomic E-state index is 13.6. The SMILES string of the molecule is CCOc1ccc([C@@H]2C(C(=O)O[C@H](C)CC)=C(C)NC3=C2C(=O)C[C@H](c2ccccc2)C3)cc1. The number of benzene rings is 2. The number of dihydropyridines is 1. The van der Waals surface area contributed by atoms with Gasteiger partial charge in [0.25, 0.3) is 0 Å². The van der Waals surface area contributed by atoms with Crippen LogP contribution in [-0.2, 0) is 14.3 Å². The Kier molecular flexibility index (Phi) is 7.20. The zero-order valence-electron chi connectivity index (χ0n) is 20.4. The van der Waals surface area contributed by atoms with Gasteiger partial charge in [-0.15, -0.1) is 0 Å². The second kappa shape index (κ2) is 10.3. The van der Waals surface area contributed by atoms with Crippen molar-refractivity contribution in [1.82, 2.24) is 5.32 Å². The van der Waals surface area contributed by atoms with Gasteiger partial charge in [0.05, 0.1) is 18.3 Å². The number of esters is 1. The van der Waals surface area contributed by atoms with Crippen molar-refractivity contribution in [2.24, 2.45) is 0 Å². The molecule has 2 aromatic rings. The first-order valence-corrected chi connectivity index (χ1v) is 12.2. The molecule has 2 aliphatic rings. The number of allylic oxidation sites excluding steroid dienone is 3. The van der Waals surface area contributed by atoms with Crippen molar-refractivity contribution in [2.75, 3.05) is 6.61 Å². The second-order valence-corrected chi connectivity index (χ2v) is 9.05. The topological polar surface area (TPSA) is 64.6 Å². The van der Waals surface area contributed by atoms with Crippen LogP contribution >= 0.6 is 0 Å². The maximum atomic E-state index is 13.6. The summed E-state index contributed by atoms with van der Waals surface area (Å²) in [6.45, 7) is 8.28. The van der Waals surface area contributed by atoms with Gasteiger partial charge in [-0.3, -0.25) is 4.79 Å². The first kappa shape index (κ1) is 23.8. The van der Waals surface area contributed by atoms with Crippen molar-refractivity contribution >= 4 is 11.8 Å². The quantitative estimate of drug-likeness (QED) is 0.531. The van der Waals surface area contributed by atoms with Gasteiger partial charge in [-0.2, -0.15) is 0 Å². The highest BCUT2D eigenvalue weighted by atomic mass is 16.5. The van der Waals surface area contributed by atoms with E-state index in [1.165, 1.54) is 0 Å². The van der Waals surface area contributed by atoms with E-state index in [1.54, 1.807) is 0 Å². The molecule has 34 heavy (non-hydrogen) atoms. The van der Waals surface area contributed by atoms with Crippen molar-refractivity contribution in [3.8, 4) is 5.75 Å². The molecule has 0 spiro atoms. The molecule has 0 amide bonds. The van der Waals surface area contributed by atoms with Crippen LogP contribution in [0, 0.1) is 0 Å². The number of ether oxygens (including phenoxy) is 2. The van der Waals surface area contributed by atoms with E-state index in [0.29, 0.717) is 24.2 Å². The fraction of sp³-hybridized carbons (Fsp3) is 0.379. The Morgan fingerprint density at radius 3 is 2.38 bits per heavy atom. The van der Waals surface area contributed by atoms with Crippen LogP contribution in [0.4, 0.5) is 0 Å². The molecule has 3 atom stereocenters. The van der Waals surface area contributed by atoms with Gasteiger partial charge in [0, 0.05) is 29.3 Å². The van der Waals surface area contributed by atoms with Crippen LogP contribution in [0.3, 0.4) is 0 Å². The number of rotatable bonds is 7. The molecule has 1 aliphatic carbocycles. The number of nitrogens with one attached hydrogen (secondary N) is 1. The molecule has 178 valence electrons. The van der Waals surface area contributed by atoms with Gasteiger partial charge in [0.1, 0.15) is 5.75 Å². The van der Waals surface area contributed by atoms with Crippen molar-refractivity contribution in [2.45, 2.75) is 64.9 Å². The minimum atomic E-state index is -0.465. The molecule has 2 aromatic carbocycles. The molecular weight excluding hydrogens is 426 g/mol. The Morgan fingerprint density at radius 1 is 1.03 bits per heavy atom. The van der Waals surface area contributed by atoms with E-state index in [9.17, 15) is 9.59 Å². The largest absolute Gasteiger partial charge is 0.494 e. The molecule has 4 rings (SSSR count). The number of carbonyl (C=O) groups is 2. The normalized spacial score (nSPS) is 21.0. The van der Waals surface area contributed by atoms with Crippen LogP contribution in [0.25, 0.3) is 0 Å². The lowest BCUT2D eigenvalue weighted by Crippen LogP contribution is -2.36. The van der Waals surface area contributed by atoms with Gasteiger partial charge < -0.3 is 14.8 Å². The van der Waals surface area contributed by atoms with Crippen molar-refractivity contribution in [3.05, 3.63) is 88.3 Å². The number of ketones is 1. The second-order valence-electron chi connectivity index (χ2n) is 9.05. The molecule has 1 heterocycles. The van der Waals surface area contributed by atoms with E-state index >= 15 is 0 Å². The van der Waals surface area contributed by atoms with Crippen LogP contribution in [0.1, 0.15) is 69.9 Å². The number of hydrogen-bond donors (Lipinski definition) is 1. The van der Waals surface area contributed by atoms with E-state index < -0.39 is 5.92 Å². The maximum Gasteiger partial charge on any atom is 0.337 e. The molecule has 0 fully saturated rings. The average Bonchev–Trinajstić information content (AvgIpc) is 2.84. The van der Waals surface area contributed by atoms with Crippen LogP contribution in [0.15, 0.2) is 77.1 Å². The van der Waals surface area contributed by atoms with Gasteiger partial charge in [-0.1, -0.05) is 49.4 Å². The summed E-state index contributed by atoms with van der Waals surface area (Å²) in [7, 11) is 0. The van der Waals surface area contributed by atoms with Gasteiger partial charge in [-0.25, -0.2) is 4.79 Å². The molecule has 5 nitrogen and oxygen atoms in total. The van der Waals surface area contributed by atoms with Gasteiger partial charge >= 0.3 is 5.97 Å². The van der Waals surface area contributed by atoms with Crippen LogP contribution in [-0.4, -0.2) is 24.5 Å². The molecule has 0 aromatic heterocycles. The molecule has 0 saturated heterocycles. The minimum absolute atomic E-state index is 0.0721. The molecule has 1 aliphatic heterocycles. The van der Waals surface area contributed by atoms with Crippen molar-refractivity contribution in [1.29, 1.82) is 0 Å². The summed E-state index contributed by atoms with van der Waals surface area (Å²) in [5, 5.41) is 3.42. The Hall–Kier alpha value is -3.34. The summed E-state index contributed by atoms with van der Waals surface area (Å²) in [5.74, 6) is 0.110. The summed E-state index contributed by atoms with van der Waals surface area (Å²) in [4.78, 5) is 26.9. The van der Waals surface area contributed by atoms with Crippen LogP contribution in [0.2, 0.25) is 0 Å². The average molecular weight is 460 g/mol. The summed E-state index contributed by atoms with van der Waals surface area (Å²) >= 11 is 0. The Morgan fingerprint density at radius 2 is 1.74 bits per heavy atom. The number of hydrogen-bond acceptors (Lipinski definition) is 5. The Balaban J connectivity index is 1.76. The van der Waals surface area contributed by atoms with E-state index in [0.717, 1.165) is 41.1 Å². The smallest absolute Gasteiger partial charge is 0.337 e. The first-order chi connectivity index (χ1) is 16.4. The lowest BCUT2D eigenvalue weighted by Gasteiger charge is -2.37. The third-order valence-electron chi connectivity index (χ3n) is 6.73. The zero-order valence-corrected chi connectivity index (χ0v) is 20.4. The van der Waals surface area contributed by atoms with Crippen LogP contribution in [0.5, 0.6) is 5.75 Å². The fourth-order valence-electron chi connectivity index (χ4n) is 4.86. The molecule has 1 N–H and O–H groups in total. The molecule has 5 heteroatoms. The lowest BCUT2D eigenvalue weighted by molar-refractivity contribution is -0.144. The Bertz CT molecular complexity index is 1110. The highest BCUT2D eigenvalue weighted by Crippen LogP contribution is 2.46. The highest BCUT2D eigenvalue weighted by molar-refractivity contribution is 6.04. The predicted molar refractivity (Wildman–Crippen MR) is 132 cm³/mol. The first-order valence-electron chi connectivity index (χ1n) is 12.2. The van der Waals surface area contributed by atoms with E-state index in [2.05, 4.69) is 17.4 Å². The lowest BCUT2D eigenvalue weighted by atomic mass is 9.71. The molecule has 0 radical (unpaired) electrons. The zero-order chi connectivity index (χ0) is 24.2. The van der Waals surface area contributed by atoms with E-state index in [1.807, 2.05) is 70.2 Å². The fourth-order valence-corrected chi connectivity index (χ4v) is 4.86. The Labute approximate surface area is 201 Å². The van der Waals surface area contributed by atoms with Gasteiger partial charge in [-0.05, 0) is 62.8 Å². The third kappa shape index (κ3) is 4.79. The summed E-state index contributed by atoms with van der Waals surface area (Å²) < 4.78 is 11.3. The van der Waals surface area contributed by atoms with E-state index in [4.69, 9.17) is 9.47 Å². The van der Waals surface area contributed by atoms with E-state index in [-0.39, 0.29) is 23.8 Å². The van der Waals surface area contributed by atoms with Crippen molar-refractivity contribution in [3.63, 3.8) is 0 Å². The number of Topliss-reactive ketones (excluding diaryl/α,β-unsaturated/α-hetero) is 1. The molecular formula is C29H33NO4. The number of carbonyl (C=O) groups excluding carboxylic acids is 2. The molecule has 0 saturated carbocycles. The monoisotopic (exact) mass is 459 g/mol. The highest BCUT2D eigenvalue weighted by Gasteiger charge is 2.41.